The van der Waals surface area contributed by atoms with E-state index in [0.717, 1.165) is 32.2 Å². The molecule has 0 spiro atoms. The van der Waals surface area contributed by atoms with E-state index in [1.807, 2.05) is 0 Å². The molecule has 1 N–H and O–H groups in total. The summed E-state index contributed by atoms with van der Waals surface area (Å²) in [5.41, 5.74) is 0.135. The smallest absolute Gasteiger partial charge is 0.223 e. The van der Waals surface area contributed by atoms with Crippen LogP contribution in [0.4, 0.5) is 0 Å². The molecule has 1 rings (SSSR count). The number of alkyl halides is 1. The SMILES string of the molecule is CC(C)(CCCCl)CNC(=O)C1CCOCC1. The van der Waals surface area contributed by atoms with Crippen molar-refractivity contribution in [3.63, 3.8) is 0 Å². The second-order valence-corrected chi connectivity index (χ2v) is 5.94. The predicted octanol–water partition coefficient (Wildman–Crippen LogP) is 2.57. The summed E-state index contributed by atoms with van der Waals surface area (Å²) in [7, 11) is 0. The van der Waals surface area contributed by atoms with Gasteiger partial charge in [-0.15, -0.1) is 11.6 Å². The van der Waals surface area contributed by atoms with Gasteiger partial charge in [0.25, 0.3) is 0 Å². The maximum absolute atomic E-state index is 11.9. The highest BCUT2D eigenvalue weighted by atomic mass is 35.5. The van der Waals surface area contributed by atoms with Crippen molar-refractivity contribution in [3.8, 4) is 0 Å². The minimum absolute atomic E-state index is 0.135. The molecule has 4 heteroatoms. The Hall–Kier alpha value is -0.280. The fourth-order valence-electron chi connectivity index (χ4n) is 2.06. The van der Waals surface area contributed by atoms with E-state index >= 15 is 0 Å². The van der Waals surface area contributed by atoms with Crippen molar-refractivity contribution < 1.29 is 9.53 Å². The highest BCUT2D eigenvalue weighted by molar-refractivity contribution is 6.17. The lowest BCUT2D eigenvalue weighted by atomic mass is 9.87. The lowest BCUT2D eigenvalue weighted by Crippen LogP contribution is -2.39. The summed E-state index contributed by atoms with van der Waals surface area (Å²) in [6.45, 7) is 6.51. The van der Waals surface area contributed by atoms with Crippen molar-refractivity contribution in [2.45, 2.75) is 39.5 Å². The van der Waals surface area contributed by atoms with Gasteiger partial charge in [0.05, 0.1) is 0 Å². The van der Waals surface area contributed by atoms with Crippen molar-refractivity contribution >= 4 is 17.5 Å². The fraction of sp³-hybridized carbons (Fsp3) is 0.923. The molecule has 100 valence electrons. The minimum atomic E-state index is 0.135. The van der Waals surface area contributed by atoms with Crippen molar-refractivity contribution in [1.82, 2.24) is 5.32 Å². The van der Waals surface area contributed by atoms with Crippen molar-refractivity contribution in [1.29, 1.82) is 0 Å². The Morgan fingerprint density at radius 3 is 2.65 bits per heavy atom. The Morgan fingerprint density at radius 1 is 1.41 bits per heavy atom. The van der Waals surface area contributed by atoms with Crippen LogP contribution in [0.15, 0.2) is 0 Å². The zero-order valence-electron chi connectivity index (χ0n) is 10.9. The molecule has 0 aliphatic carbocycles. The molecular weight excluding hydrogens is 238 g/mol. The van der Waals surface area contributed by atoms with E-state index in [4.69, 9.17) is 16.3 Å². The Morgan fingerprint density at radius 2 is 2.06 bits per heavy atom. The second-order valence-electron chi connectivity index (χ2n) is 5.56. The molecule has 1 fully saturated rings. The van der Waals surface area contributed by atoms with Crippen molar-refractivity contribution in [3.05, 3.63) is 0 Å². The maximum atomic E-state index is 11.9. The van der Waals surface area contributed by atoms with Crippen LogP contribution in [0.2, 0.25) is 0 Å². The van der Waals surface area contributed by atoms with Crippen LogP contribution in [0, 0.1) is 11.3 Å². The third-order valence-electron chi connectivity index (χ3n) is 3.32. The highest BCUT2D eigenvalue weighted by Gasteiger charge is 2.24. The molecule has 0 aromatic carbocycles. The number of carbonyl (C=O) groups excluding carboxylic acids is 1. The first-order valence-corrected chi connectivity index (χ1v) is 7.00. The third-order valence-corrected chi connectivity index (χ3v) is 3.59. The minimum Gasteiger partial charge on any atom is -0.381 e. The third kappa shape index (κ3) is 5.73. The van der Waals surface area contributed by atoms with Crippen LogP contribution >= 0.6 is 11.6 Å². The first kappa shape index (κ1) is 14.8. The number of ether oxygens (including phenoxy) is 1. The van der Waals surface area contributed by atoms with Gasteiger partial charge in [0.2, 0.25) is 5.91 Å². The number of nitrogens with one attached hydrogen (secondary N) is 1. The summed E-state index contributed by atoms with van der Waals surface area (Å²) in [5, 5.41) is 3.06. The molecule has 0 radical (unpaired) electrons. The zero-order valence-corrected chi connectivity index (χ0v) is 11.7. The summed E-state index contributed by atoms with van der Waals surface area (Å²) < 4.78 is 5.25. The first-order chi connectivity index (χ1) is 8.05. The van der Waals surface area contributed by atoms with Gasteiger partial charge in [-0.3, -0.25) is 4.79 Å². The fourth-order valence-corrected chi connectivity index (χ4v) is 2.20. The van der Waals surface area contributed by atoms with Gasteiger partial charge in [0.15, 0.2) is 0 Å². The molecule has 0 atom stereocenters. The molecule has 3 nitrogen and oxygen atoms in total. The Labute approximate surface area is 109 Å². The van der Waals surface area contributed by atoms with Crippen LogP contribution < -0.4 is 5.32 Å². The van der Waals surface area contributed by atoms with E-state index in [1.54, 1.807) is 0 Å². The summed E-state index contributed by atoms with van der Waals surface area (Å²) in [6, 6.07) is 0. The highest BCUT2D eigenvalue weighted by Crippen LogP contribution is 2.22. The lowest BCUT2D eigenvalue weighted by molar-refractivity contribution is -0.128. The van der Waals surface area contributed by atoms with Crippen LogP contribution in [0.3, 0.4) is 0 Å². The molecular formula is C13H24ClNO2. The van der Waals surface area contributed by atoms with E-state index in [9.17, 15) is 4.79 Å². The largest absolute Gasteiger partial charge is 0.381 e. The van der Waals surface area contributed by atoms with Gasteiger partial charge in [-0.05, 0) is 31.1 Å². The molecule has 1 amide bonds. The topological polar surface area (TPSA) is 38.3 Å². The standard InChI is InChI=1S/C13H24ClNO2/c1-13(2,6-3-7-14)10-15-12(16)11-4-8-17-9-5-11/h11H,3-10H2,1-2H3,(H,15,16). The number of halogens is 1. The zero-order chi connectivity index (χ0) is 12.7. The van der Waals surface area contributed by atoms with Gasteiger partial charge in [-0.2, -0.15) is 0 Å². The maximum Gasteiger partial charge on any atom is 0.223 e. The van der Waals surface area contributed by atoms with E-state index < -0.39 is 0 Å². The molecule has 0 bridgehead atoms. The van der Waals surface area contributed by atoms with Crippen molar-refractivity contribution in [2.24, 2.45) is 11.3 Å². The number of hydrogen-bond donors (Lipinski definition) is 1. The monoisotopic (exact) mass is 261 g/mol. The molecule has 1 heterocycles. The number of amides is 1. The predicted molar refractivity (Wildman–Crippen MR) is 70.3 cm³/mol. The summed E-state index contributed by atoms with van der Waals surface area (Å²) >= 11 is 5.69. The summed E-state index contributed by atoms with van der Waals surface area (Å²) in [6.07, 6.45) is 3.76. The second kappa shape index (κ2) is 7.22. The molecule has 0 aromatic rings. The molecule has 1 aliphatic rings. The van der Waals surface area contributed by atoms with E-state index in [-0.39, 0.29) is 17.2 Å². The number of hydrogen-bond acceptors (Lipinski definition) is 2. The molecule has 0 unspecified atom stereocenters. The molecule has 17 heavy (non-hydrogen) atoms. The van der Waals surface area contributed by atoms with Crippen LogP contribution in [-0.2, 0) is 9.53 Å². The average molecular weight is 262 g/mol. The molecule has 1 saturated heterocycles. The van der Waals surface area contributed by atoms with Gasteiger partial charge in [0.1, 0.15) is 0 Å². The number of rotatable bonds is 6. The van der Waals surface area contributed by atoms with Crippen LogP contribution in [0.1, 0.15) is 39.5 Å². The van der Waals surface area contributed by atoms with Crippen molar-refractivity contribution in [2.75, 3.05) is 25.6 Å². The van der Waals surface area contributed by atoms with Gasteiger partial charge in [-0.25, -0.2) is 0 Å². The average Bonchev–Trinajstić information content (AvgIpc) is 2.35. The van der Waals surface area contributed by atoms with E-state index in [1.165, 1.54) is 0 Å². The molecule has 1 aliphatic heterocycles. The Kier molecular flexibility index (Phi) is 6.28. The van der Waals surface area contributed by atoms with Gasteiger partial charge >= 0.3 is 0 Å². The van der Waals surface area contributed by atoms with Gasteiger partial charge in [0, 0.05) is 31.6 Å². The quantitative estimate of drug-likeness (QED) is 0.747. The summed E-state index contributed by atoms with van der Waals surface area (Å²) in [4.78, 5) is 11.9. The van der Waals surface area contributed by atoms with Gasteiger partial charge in [-0.1, -0.05) is 13.8 Å². The van der Waals surface area contributed by atoms with E-state index in [0.29, 0.717) is 19.1 Å². The van der Waals surface area contributed by atoms with Crippen LogP contribution in [-0.4, -0.2) is 31.5 Å². The van der Waals surface area contributed by atoms with Gasteiger partial charge < -0.3 is 10.1 Å². The molecule has 0 aromatic heterocycles. The van der Waals surface area contributed by atoms with E-state index in [2.05, 4.69) is 19.2 Å². The van der Waals surface area contributed by atoms with Crippen LogP contribution in [0.5, 0.6) is 0 Å². The Balaban J connectivity index is 2.26. The lowest BCUT2D eigenvalue weighted by Gasteiger charge is -2.27. The number of carbonyl (C=O) groups is 1. The summed E-state index contributed by atoms with van der Waals surface area (Å²) in [5.74, 6) is 1.02. The van der Waals surface area contributed by atoms with Crippen LogP contribution in [0.25, 0.3) is 0 Å². The molecule has 0 saturated carbocycles. The normalized spacial score (nSPS) is 18.1. The first-order valence-electron chi connectivity index (χ1n) is 6.46. The Bertz CT molecular complexity index is 238.